The van der Waals surface area contributed by atoms with Crippen molar-refractivity contribution in [2.75, 3.05) is 18.5 Å². The van der Waals surface area contributed by atoms with Crippen LogP contribution >= 0.6 is 15.9 Å². The molecular formula is C15H21BrN2O2. The minimum absolute atomic E-state index is 0.0506. The van der Waals surface area contributed by atoms with Crippen molar-refractivity contribution >= 4 is 27.5 Å². The van der Waals surface area contributed by atoms with Crippen molar-refractivity contribution in [2.24, 2.45) is 5.92 Å². The van der Waals surface area contributed by atoms with Crippen LogP contribution in [0.25, 0.3) is 0 Å². The first-order valence-corrected chi connectivity index (χ1v) is 7.88. The molecule has 1 amide bonds. The van der Waals surface area contributed by atoms with Crippen LogP contribution < -0.4 is 10.6 Å². The molecule has 2 rings (SSSR count). The third-order valence-corrected chi connectivity index (χ3v) is 4.27. The summed E-state index contributed by atoms with van der Waals surface area (Å²) in [5, 5.41) is 15.5. The highest BCUT2D eigenvalue weighted by molar-refractivity contribution is 9.10. The fourth-order valence-electron chi connectivity index (χ4n) is 2.69. The molecule has 20 heavy (non-hydrogen) atoms. The first kappa shape index (κ1) is 15.5. The van der Waals surface area contributed by atoms with E-state index in [1.807, 2.05) is 24.3 Å². The molecule has 110 valence electrons. The van der Waals surface area contributed by atoms with Gasteiger partial charge in [-0.25, -0.2) is 0 Å². The summed E-state index contributed by atoms with van der Waals surface area (Å²) in [5.74, 6) is 0.229. The number of halogens is 1. The molecule has 1 aliphatic rings. The number of hydrogen-bond acceptors (Lipinski definition) is 3. The zero-order valence-corrected chi connectivity index (χ0v) is 13.0. The Hall–Kier alpha value is -0.910. The summed E-state index contributed by atoms with van der Waals surface area (Å²) in [4.78, 5) is 11.9. The quantitative estimate of drug-likeness (QED) is 0.771. The zero-order valence-electron chi connectivity index (χ0n) is 11.4. The number of carbonyl (C=O) groups is 1. The van der Waals surface area contributed by atoms with Crippen molar-refractivity contribution in [3.63, 3.8) is 0 Å². The third kappa shape index (κ3) is 4.58. The molecule has 2 atom stereocenters. The number of aliphatic hydroxyl groups excluding tert-OH is 1. The lowest BCUT2D eigenvalue weighted by atomic mass is 9.85. The molecule has 2 unspecified atom stereocenters. The van der Waals surface area contributed by atoms with Crippen LogP contribution in [0.4, 0.5) is 5.69 Å². The van der Waals surface area contributed by atoms with Crippen molar-refractivity contribution in [3.8, 4) is 0 Å². The molecule has 1 aliphatic carbocycles. The van der Waals surface area contributed by atoms with Crippen LogP contribution in [0.15, 0.2) is 28.7 Å². The van der Waals surface area contributed by atoms with E-state index in [2.05, 4.69) is 26.6 Å². The minimum Gasteiger partial charge on any atom is -0.396 e. The maximum Gasteiger partial charge on any atom is 0.238 e. The number of carbonyl (C=O) groups excluding carboxylic acids is 1. The predicted octanol–water partition coefficient (Wildman–Crippen LogP) is 2.53. The zero-order chi connectivity index (χ0) is 14.4. The van der Waals surface area contributed by atoms with Crippen LogP contribution in [0, 0.1) is 5.92 Å². The standard InChI is InChI=1S/C15H21BrN2O2/c16-12-5-3-6-13(8-12)18-15(20)9-17-14-7-2-1-4-11(14)10-19/h3,5-6,8,11,14,17,19H,1-2,4,7,9-10H2,(H,18,20). The van der Waals surface area contributed by atoms with Crippen LogP contribution in [0.5, 0.6) is 0 Å². The van der Waals surface area contributed by atoms with Gasteiger partial charge in [0.2, 0.25) is 5.91 Å². The van der Waals surface area contributed by atoms with E-state index in [0.717, 1.165) is 23.0 Å². The van der Waals surface area contributed by atoms with Crippen LogP contribution in [0.1, 0.15) is 25.7 Å². The molecule has 4 nitrogen and oxygen atoms in total. The number of nitrogens with one attached hydrogen (secondary N) is 2. The van der Waals surface area contributed by atoms with E-state index in [0.29, 0.717) is 0 Å². The lowest BCUT2D eigenvalue weighted by Gasteiger charge is -2.30. The molecular weight excluding hydrogens is 320 g/mol. The third-order valence-electron chi connectivity index (χ3n) is 3.78. The van der Waals surface area contributed by atoms with Crippen molar-refractivity contribution in [3.05, 3.63) is 28.7 Å². The molecule has 1 fully saturated rings. The fraction of sp³-hybridized carbons (Fsp3) is 0.533. The maximum atomic E-state index is 11.9. The second kappa shape index (κ2) is 7.76. The summed E-state index contributed by atoms with van der Waals surface area (Å²) < 4.78 is 0.941. The number of anilines is 1. The highest BCUT2D eigenvalue weighted by Crippen LogP contribution is 2.23. The van der Waals surface area contributed by atoms with E-state index in [4.69, 9.17) is 0 Å². The molecule has 0 aromatic heterocycles. The van der Waals surface area contributed by atoms with E-state index in [9.17, 15) is 9.90 Å². The van der Waals surface area contributed by atoms with Crippen molar-refractivity contribution < 1.29 is 9.90 Å². The molecule has 0 radical (unpaired) electrons. The Morgan fingerprint density at radius 2 is 2.15 bits per heavy atom. The summed E-state index contributed by atoms with van der Waals surface area (Å²) in [7, 11) is 0. The largest absolute Gasteiger partial charge is 0.396 e. The number of aliphatic hydroxyl groups is 1. The molecule has 3 N–H and O–H groups in total. The number of amides is 1. The molecule has 0 heterocycles. The van der Waals surface area contributed by atoms with Crippen LogP contribution in [0.3, 0.4) is 0 Å². The van der Waals surface area contributed by atoms with Gasteiger partial charge < -0.3 is 15.7 Å². The Balaban J connectivity index is 1.79. The Morgan fingerprint density at radius 1 is 1.35 bits per heavy atom. The number of rotatable bonds is 5. The van der Waals surface area contributed by atoms with Gasteiger partial charge in [-0.05, 0) is 37.0 Å². The van der Waals surface area contributed by atoms with E-state index in [-0.39, 0.29) is 31.0 Å². The Labute approximate surface area is 128 Å². The van der Waals surface area contributed by atoms with E-state index in [1.165, 1.54) is 12.8 Å². The van der Waals surface area contributed by atoms with Crippen molar-refractivity contribution in [2.45, 2.75) is 31.7 Å². The normalized spacial score (nSPS) is 22.5. The Bertz CT molecular complexity index is 453. The molecule has 0 bridgehead atoms. The van der Waals surface area contributed by atoms with Crippen LogP contribution in [-0.4, -0.2) is 30.2 Å². The minimum atomic E-state index is -0.0506. The highest BCUT2D eigenvalue weighted by atomic mass is 79.9. The van der Waals surface area contributed by atoms with Gasteiger partial charge in [-0.1, -0.05) is 34.8 Å². The molecule has 1 aromatic carbocycles. The Morgan fingerprint density at radius 3 is 2.90 bits per heavy atom. The SMILES string of the molecule is O=C(CNC1CCCCC1CO)Nc1cccc(Br)c1. The molecule has 0 saturated heterocycles. The van der Waals surface area contributed by atoms with Crippen LogP contribution in [0.2, 0.25) is 0 Å². The molecule has 1 saturated carbocycles. The van der Waals surface area contributed by atoms with Gasteiger partial charge in [0.1, 0.15) is 0 Å². The number of hydrogen-bond donors (Lipinski definition) is 3. The molecule has 0 aliphatic heterocycles. The van der Waals surface area contributed by atoms with Gasteiger partial charge in [0.15, 0.2) is 0 Å². The van der Waals surface area contributed by atoms with Gasteiger partial charge in [0.25, 0.3) is 0 Å². The second-order valence-corrected chi connectivity index (χ2v) is 6.19. The highest BCUT2D eigenvalue weighted by Gasteiger charge is 2.24. The first-order chi connectivity index (χ1) is 9.69. The molecule has 0 spiro atoms. The van der Waals surface area contributed by atoms with E-state index >= 15 is 0 Å². The maximum absolute atomic E-state index is 11.9. The molecule has 5 heteroatoms. The van der Waals surface area contributed by atoms with Crippen LogP contribution in [-0.2, 0) is 4.79 Å². The fourth-order valence-corrected chi connectivity index (χ4v) is 3.09. The predicted molar refractivity (Wildman–Crippen MR) is 83.6 cm³/mol. The summed E-state index contributed by atoms with van der Waals surface area (Å²) in [5.41, 5.74) is 0.786. The smallest absolute Gasteiger partial charge is 0.238 e. The summed E-state index contributed by atoms with van der Waals surface area (Å²) >= 11 is 3.38. The lowest BCUT2D eigenvalue weighted by molar-refractivity contribution is -0.115. The summed E-state index contributed by atoms with van der Waals surface area (Å²) in [6.45, 7) is 0.485. The average molecular weight is 341 g/mol. The first-order valence-electron chi connectivity index (χ1n) is 7.08. The van der Waals surface area contributed by atoms with Crippen molar-refractivity contribution in [1.29, 1.82) is 0 Å². The van der Waals surface area contributed by atoms with Gasteiger partial charge in [-0.2, -0.15) is 0 Å². The van der Waals surface area contributed by atoms with Gasteiger partial charge in [-0.3, -0.25) is 4.79 Å². The van der Waals surface area contributed by atoms with Crippen molar-refractivity contribution in [1.82, 2.24) is 5.32 Å². The van der Waals surface area contributed by atoms with Gasteiger partial charge in [-0.15, -0.1) is 0 Å². The molecule has 1 aromatic rings. The topological polar surface area (TPSA) is 61.4 Å². The second-order valence-electron chi connectivity index (χ2n) is 5.27. The Kier molecular flexibility index (Phi) is 6.01. The van der Waals surface area contributed by atoms with E-state index in [1.54, 1.807) is 0 Å². The van der Waals surface area contributed by atoms with Gasteiger partial charge >= 0.3 is 0 Å². The van der Waals surface area contributed by atoms with Gasteiger partial charge in [0, 0.05) is 22.8 Å². The lowest BCUT2D eigenvalue weighted by Crippen LogP contribution is -2.43. The van der Waals surface area contributed by atoms with Gasteiger partial charge in [0.05, 0.1) is 6.54 Å². The monoisotopic (exact) mass is 340 g/mol. The van der Waals surface area contributed by atoms with E-state index < -0.39 is 0 Å². The summed E-state index contributed by atoms with van der Waals surface area (Å²) in [6, 6.07) is 7.79. The number of benzene rings is 1. The average Bonchev–Trinajstić information content (AvgIpc) is 2.45. The summed E-state index contributed by atoms with van der Waals surface area (Å²) in [6.07, 6.45) is 4.42.